The molecule has 0 aromatic heterocycles. The van der Waals surface area contributed by atoms with Gasteiger partial charge in [-0.2, -0.15) is 5.26 Å². The maximum absolute atomic E-state index is 13.6. The van der Waals surface area contributed by atoms with Gasteiger partial charge in [0.2, 0.25) is 5.91 Å². The van der Waals surface area contributed by atoms with Crippen LogP contribution in [0.1, 0.15) is 44.1 Å². The summed E-state index contributed by atoms with van der Waals surface area (Å²) in [4.78, 5) is 14.8. The van der Waals surface area contributed by atoms with Gasteiger partial charge in [-0.3, -0.25) is 4.79 Å². The number of hydrogen-bond donors (Lipinski definition) is 1. The monoisotopic (exact) mass is 368 g/mol. The zero-order valence-corrected chi connectivity index (χ0v) is 15.4. The molecule has 4 nitrogen and oxygen atoms in total. The average molecular weight is 368 g/mol. The number of halogens is 1. The Labute approximate surface area is 159 Å². The van der Waals surface area contributed by atoms with Crippen molar-refractivity contribution in [3.8, 4) is 6.07 Å². The number of nitrogens with zero attached hydrogens (tertiary/aromatic N) is 2. The van der Waals surface area contributed by atoms with Gasteiger partial charge in [-0.1, -0.05) is 12.1 Å². The van der Waals surface area contributed by atoms with Gasteiger partial charge in [0.25, 0.3) is 0 Å². The van der Waals surface area contributed by atoms with Gasteiger partial charge in [0.05, 0.1) is 17.6 Å². The molecule has 4 saturated carbocycles. The van der Waals surface area contributed by atoms with E-state index in [-0.39, 0.29) is 22.6 Å². The fourth-order valence-electron chi connectivity index (χ4n) is 6.88. The van der Waals surface area contributed by atoms with Crippen molar-refractivity contribution in [2.75, 3.05) is 13.1 Å². The third-order valence-electron chi connectivity index (χ3n) is 7.92. The minimum absolute atomic E-state index is 0.0862. The van der Waals surface area contributed by atoms with Crippen molar-refractivity contribution in [3.05, 3.63) is 35.6 Å². The lowest BCUT2D eigenvalue weighted by Crippen LogP contribution is -2.62. The van der Waals surface area contributed by atoms with Crippen LogP contribution in [0.4, 0.5) is 4.39 Å². The second-order valence-electron chi connectivity index (χ2n) is 9.41. The molecular weight excluding hydrogens is 343 g/mol. The minimum atomic E-state index is -0.406. The predicted octanol–water partition coefficient (Wildman–Crippen LogP) is 3.01. The van der Waals surface area contributed by atoms with Crippen LogP contribution in [0, 0.1) is 40.3 Å². The van der Waals surface area contributed by atoms with Gasteiger partial charge in [-0.05, 0) is 67.6 Å². The van der Waals surface area contributed by atoms with Crippen LogP contribution >= 0.6 is 0 Å². The molecule has 5 fully saturated rings. The van der Waals surface area contributed by atoms with Crippen molar-refractivity contribution in [1.29, 1.82) is 5.26 Å². The highest BCUT2D eigenvalue weighted by Crippen LogP contribution is 2.68. The van der Waals surface area contributed by atoms with E-state index in [9.17, 15) is 19.6 Å². The number of likely N-dealkylation sites (tertiary alicyclic amines) is 1. The molecule has 2 unspecified atom stereocenters. The molecule has 1 aromatic rings. The van der Waals surface area contributed by atoms with E-state index in [0.29, 0.717) is 37.3 Å². The summed E-state index contributed by atoms with van der Waals surface area (Å²) in [5, 5.41) is 19.4. The summed E-state index contributed by atoms with van der Waals surface area (Å²) in [6.45, 7) is 0.830. The Kier molecular flexibility index (Phi) is 3.68. The number of carbonyl (C=O) groups is 1. The molecule has 4 aliphatic carbocycles. The fourth-order valence-corrected chi connectivity index (χ4v) is 6.88. The molecule has 142 valence electrons. The molecule has 27 heavy (non-hydrogen) atoms. The molecular formula is C22H25FN2O2. The fraction of sp³-hybridized carbons (Fsp3) is 0.636. The van der Waals surface area contributed by atoms with Crippen LogP contribution in [0.5, 0.6) is 0 Å². The van der Waals surface area contributed by atoms with Crippen molar-refractivity contribution in [2.45, 2.75) is 50.0 Å². The van der Waals surface area contributed by atoms with Gasteiger partial charge in [0.15, 0.2) is 0 Å². The Balaban J connectivity index is 1.54. The molecule has 0 radical (unpaired) electrons. The van der Waals surface area contributed by atoms with Gasteiger partial charge in [0.1, 0.15) is 5.82 Å². The molecule has 6 rings (SSSR count). The van der Waals surface area contributed by atoms with E-state index in [4.69, 9.17) is 0 Å². The molecule has 1 aliphatic heterocycles. The lowest BCUT2D eigenvalue weighted by Gasteiger charge is -2.64. The highest BCUT2D eigenvalue weighted by molar-refractivity contribution is 5.79. The standard InChI is InChI=1S/C22H25FN2O2/c23-18-3-1-15(2-4-18)22(10-20(27)25-11-19(26)12-25)16-5-14-6-17(22)9-21(7-14,8-16)13-24/h1-4,14,16-17,19,26H,5-12H2. The van der Waals surface area contributed by atoms with Gasteiger partial charge < -0.3 is 10.0 Å². The van der Waals surface area contributed by atoms with Gasteiger partial charge in [-0.25, -0.2) is 4.39 Å². The Bertz CT molecular complexity index is 793. The van der Waals surface area contributed by atoms with Gasteiger partial charge in [-0.15, -0.1) is 0 Å². The van der Waals surface area contributed by atoms with E-state index in [1.807, 2.05) is 12.1 Å². The minimum Gasteiger partial charge on any atom is -0.389 e. The predicted molar refractivity (Wildman–Crippen MR) is 96.9 cm³/mol. The first kappa shape index (κ1) is 17.2. The number of hydrogen-bond acceptors (Lipinski definition) is 3. The Morgan fingerprint density at radius 2 is 1.81 bits per heavy atom. The number of amides is 1. The third-order valence-corrected chi connectivity index (χ3v) is 7.92. The number of rotatable bonds is 3. The smallest absolute Gasteiger partial charge is 0.223 e. The Hall–Kier alpha value is -1.93. The SMILES string of the molecule is N#CC12CC3CC(C1)C(CC(=O)N1CC(O)C1)(c1ccc(F)cc1)C(C3)C2. The summed E-state index contributed by atoms with van der Waals surface area (Å²) in [5.41, 5.74) is 0.527. The van der Waals surface area contributed by atoms with Gasteiger partial charge >= 0.3 is 0 Å². The second kappa shape index (κ2) is 5.78. The average Bonchev–Trinajstić information content (AvgIpc) is 2.62. The van der Waals surface area contributed by atoms with E-state index in [2.05, 4.69) is 6.07 Å². The van der Waals surface area contributed by atoms with Crippen LogP contribution in [0.25, 0.3) is 0 Å². The van der Waals surface area contributed by atoms with Crippen LogP contribution < -0.4 is 0 Å². The van der Waals surface area contributed by atoms with Crippen molar-refractivity contribution in [3.63, 3.8) is 0 Å². The first-order chi connectivity index (χ1) is 12.9. The summed E-state index contributed by atoms with van der Waals surface area (Å²) in [6.07, 6.45) is 4.83. The van der Waals surface area contributed by atoms with Crippen LogP contribution in [0.15, 0.2) is 24.3 Å². The Morgan fingerprint density at radius 1 is 1.19 bits per heavy atom. The molecule has 5 aliphatic rings. The molecule has 1 heterocycles. The topological polar surface area (TPSA) is 64.3 Å². The van der Waals surface area contributed by atoms with E-state index >= 15 is 0 Å². The molecule has 4 bridgehead atoms. The molecule has 5 heteroatoms. The van der Waals surface area contributed by atoms with E-state index in [0.717, 1.165) is 37.7 Å². The van der Waals surface area contributed by atoms with Gasteiger partial charge in [0, 0.05) is 24.9 Å². The third kappa shape index (κ3) is 2.46. The molecule has 2 atom stereocenters. The summed E-state index contributed by atoms with van der Waals surface area (Å²) in [7, 11) is 0. The van der Waals surface area contributed by atoms with E-state index in [1.54, 1.807) is 4.90 Å². The van der Waals surface area contributed by atoms with Crippen molar-refractivity contribution in [1.82, 2.24) is 4.90 Å². The normalized spacial score (nSPS) is 39.9. The number of carbonyl (C=O) groups excluding carboxylic acids is 1. The zero-order chi connectivity index (χ0) is 18.8. The summed E-state index contributed by atoms with van der Waals surface area (Å²) in [6, 6.07) is 9.34. The summed E-state index contributed by atoms with van der Waals surface area (Å²) < 4.78 is 13.6. The highest BCUT2D eigenvalue weighted by Gasteiger charge is 2.63. The highest BCUT2D eigenvalue weighted by atomic mass is 19.1. The molecule has 1 saturated heterocycles. The molecule has 1 N–H and O–H groups in total. The van der Waals surface area contributed by atoms with Crippen LogP contribution in [0.3, 0.4) is 0 Å². The largest absolute Gasteiger partial charge is 0.389 e. The number of β-amino-alcohol motifs (C(OH)–C–C–N with tert-alkyl or cyclic N) is 1. The van der Waals surface area contributed by atoms with Crippen LogP contribution in [0.2, 0.25) is 0 Å². The van der Waals surface area contributed by atoms with E-state index in [1.165, 1.54) is 12.1 Å². The summed E-state index contributed by atoms with van der Waals surface area (Å²) >= 11 is 0. The summed E-state index contributed by atoms with van der Waals surface area (Å²) in [5.74, 6) is 0.996. The number of benzene rings is 1. The maximum atomic E-state index is 13.6. The van der Waals surface area contributed by atoms with Crippen LogP contribution in [-0.2, 0) is 10.2 Å². The number of aliphatic hydroxyl groups excluding tert-OH is 1. The van der Waals surface area contributed by atoms with Crippen molar-refractivity contribution >= 4 is 5.91 Å². The number of nitriles is 1. The first-order valence-corrected chi connectivity index (χ1v) is 10.1. The first-order valence-electron chi connectivity index (χ1n) is 10.1. The lowest BCUT2D eigenvalue weighted by atomic mass is 9.39. The van der Waals surface area contributed by atoms with Crippen LogP contribution in [-0.4, -0.2) is 35.1 Å². The molecule has 1 aromatic carbocycles. The molecule has 1 amide bonds. The van der Waals surface area contributed by atoms with Crippen molar-refractivity contribution < 1.29 is 14.3 Å². The number of aliphatic hydroxyl groups is 1. The molecule has 0 spiro atoms. The maximum Gasteiger partial charge on any atom is 0.223 e. The van der Waals surface area contributed by atoms with Crippen molar-refractivity contribution in [2.24, 2.45) is 23.2 Å². The lowest BCUT2D eigenvalue weighted by molar-refractivity contribution is -0.150. The quantitative estimate of drug-likeness (QED) is 0.892. The zero-order valence-electron chi connectivity index (χ0n) is 15.4. The van der Waals surface area contributed by atoms with E-state index < -0.39 is 6.10 Å². The second-order valence-corrected chi connectivity index (χ2v) is 9.41. The Morgan fingerprint density at radius 3 is 2.37 bits per heavy atom.